The first-order valence-corrected chi connectivity index (χ1v) is 7.96. The van der Waals surface area contributed by atoms with Gasteiger partial charge in [0.1, 0.15) is 12.4 Å². The maximum Gasteiger partial charge on any atom is 0.153 e. The minimum absolute atomic E-state index is 0.0300. The fraction of sp³-hybridized carbons (Fsp3) is 0.286. The number of ether oxygens (including phenoxy) is 1. The molecule has 0 bridgehead atoms. The second-order valence-corrected chi connectivity index (χ2v) is 6.76. The van der Waals surface area contributed by atoms with Crippen LogP contribution >= 0.6 is 0 Å². The Labute approximate surface area is 113 Å². The Bertz CT molecular complexity index is 680. The first-order valence-electron chi connectivity index (χ1n) is 6.14. The maximum absolute atomic E-state index is 11.4. The Morgan fingerprint density at radius 2 is 1.79 bits per heavy atom. The summed E-state index contributed by atoms with van der Waals surface area (Å²) < 4.78 is 28.4. The van der Waals surface area contributed by atoms with Crippen LogP contribution in [0.5, 0.6) is 5.75 Å². The average molecular weight is 279 g/mol. The first kappa shape index (κ1) is 13.7. The van der Waals surface area contributed by atoms with E-state index in [2.05, 4.69) is 0 Å². The number of sulfone groups is 1. The monoisotopic (exact) mass is 279 g/mol. The highest BCUT2D eigenvalue weighted by Gasteiger charge is 2.09. The Morgan fingerprint density at radius 1 is 1.11 bits per heavy atom. The summed E-state index contributed by atoms with van der Waals surface area (Å²) >= 11 is 0. The van der Waals surface area contributed by atoms with Gasteiger partial charge >= 0.3 is 0 Å². The molecule has 0 spiro atoms. The van der Waals surface area contributed by atoms with Crippen LogP contribution in [0.2, 0.25) is 0 Å². The summed E-state index contributed by atoms with van der Waals surface area (Å²) in [4.78, 5) is 0. The van der Waals surface area contributed by atoms with Gasteiger partial charge in [0.25, 0.3) is 0 Å². The molecule has 0 atom stereocenters. The van der Waals surface area contributed by atoms with Crippen LogP contribution in [0.25, 0.3) is 10.8 Å². The van der Waals surface area contributed by atoms with Crippen LogP contribution < -0.4 is 10.5 Å². The van der Waals surface area contributed by atoms with Crippen molar-refractivity contribution >= 4 is 26.3 Å². The molecule has 0 aromatic heterocycles. The standard InChI is InChI=1S/C14H17NO3S/c1-2-19(16,17)10-9-18-14-8-7-13(15)11-5-3-4-6-12(11)14/h3-8H,2,9-10,15H2,1H3. The minimum Gasteiger partial charge on any atom is -0.492 e. The van der Waals surface area contributed by atoms with Crippen molar-refractivity contribution < 1.29 is 13.2 Å². The quantitative estimate of drug-likeness (QED) is 0.852. The molecule has 0 saturated carbocycles. The van der Waals surface area contributed by atoms with Crippen LogP contribution in [0.3, 0.4) is 0 Å². The number of nitrogens with two attached hydrogens (primary N) is 1. The number of nitrogen functional groups attached to an aromatic ring is 1. The summed E-state index contributed by atoms with van der Waals surface area (Å²) in [7, 11) is -3.00. The molecule has 2 aromatic rings. The zero-order valence-corrected chi connectivity index (χ0v) is 11.6. The van der Waals surface area contributed by atoms with E-state index in [4.69, 9.17) is 10.5 Å². The average Bonchev–Trinajstić information content (AvgIpc) is 2.42. The molecule has 102 valence electrons. The maximum atomic E-state index is 11.4. The third-order valence-corrected chi connectivity index (χ3v) is 4.68. The lowest BCUT2D eigenvalue weighted by molar-refractivity contribution is 0.345. The summed E-state index contributed by atoms with van der Waals surface area (Å²) in [6.45, 7) is 1.79. The highest BCUT2D eigenvalue weighted by molar-refractivity contribution is 7.91. The SMILES string of the molecule is CCS(=O)(=O)CCOc1ccc(N)c2ccccc12. The summed E-state index contributed by atoms with van der Waals surface area (Å²) in [5.41, 5.74) is 6.58. The van der Waals surface area contributed by atoms with Crippen molar-refractivity contribution in [3.8, 4) is 5.75 Å². The molecule has 2 N–H and O–H groups in total. The normalized spacial score (nSPS) is 11.6. The van der Waals surface area contributed by atoms with E-state index in [0.717, 1.165) is 10.8 Å². The molecule has 0 fully saturated rings. The van der Waals surface area contributed by atoms with E-state index in [0.29, 0.717) is 11.4 Å². The lowest BCUT2D eigenvalue weighted by atomic mass is 10.1. The van der Waals surface area contributed by atoms with Crippen LogP contribution in [-0.2, 0) is 9.84 Å². The molecule has 5 heteroatoms. The Balaban J connectivity index is 2.20. The van der Waals surface area contributed by atoms with Crippen molar-refractivity contribution in [1.82, 2.24) is 0 Å². The molecule has 0 aliphatic rings. The van der Waals surface area contributed by atoms with Crippen molar-refractivity contribution in [3.63, 3.8) is 0 Å². The Kier molecular flexibility index (Phi) is 3.95. The van der Waals surface area contributed by atoms with E-state index < -0.39 is 9.84 Å². The van der Waals surface area contributed by atoms with Gasteiger partial charge in [0.2, 0.25) is 0 Å². The molecule has 0 radical (unpaired) electrons. The fourth-order valence-corrected chi connectivity index (χ4v) is 2.47. The lowest BCUT2D eigenvalue weighted by Crippen LogP contribution is -2.15. The predicted molar refractivity (Wildman–Crippen MR) is 78.2 cm³/mol. The molecular weight excluding hydrogens is 262 g/mol. The number of hydrogen-bond donors (Lipinski definition) is 1. The van der Waals surface area contributed by atoms with E-state index in [9.17, 15) is 8.42 Å². The van der Waals surface area contributed by atoms with E-state index >= 15 is 0 Å². The van der Waals surface area contributed by atoms with Gasteiger partial charge in [0.05, 0.1) is 5.75 Å². The lowest BCUT2D eigenvalue weighted by Gasteiger charge is -2.10. The molecule has 0 amide bonds. The van der Waals surface area contributed by atoms with Gasteiger partial charge in [0, 0.05) is 22.2 Å². The van der Waals surface area contributed by atoms with E-state index in [1.165, 1.54) is 0 Å². The molecular formula is C14H17NO3S. The number of rotatable bonds is 5. The molecule has 0 aliphatic carbocycles. The second kappa shape index (κ2) is 5.48. The molecule has 2 aromatic carbocycles. The van der Waals surface area contributed by atoms with Gasteiger partial charge in [-0.2, -0.15) is 0 Å². The number of hydrogen-bond acceptors (Lipinski definition) is 4. The van der Waals surface area contributed by atoms with Gasteiger partial charge in [-0.1, -0.05) is 31.2 Å². The third-order valence-electron chi connectivity index (χ3n) is 3.01. The van der Waals surface area contributed by atoms with Crippen molar-refractivity contribution in [2.45, 2.75) is 6.92 Å². The van der Waals surface area contributed by atoms with Crippen molar-refractivity contribution in [1.29, 1.82) is 0 Å². The summed E-state index contributed by atoms with van der Waals surface area (Å²) in [6.07, 6.45) is 0. The largest absolute Gasteiger partial charge is 0.492 e. The van der Waals surface area contributed by atoms with Gasteiger partial charge in [-0.3, -0.25) is 0 Å². The highest BCUT2D eigenvalue weighted by atomic mass is 32.2. The van der Waals surface area contributed by atoms with E-state index in [-0.39, 0.29) is 18.1 Å². The molecule has 19 heavy (non-hydrogen) atoms. The minimum atomic E-state index is -3.00. The Morgan fingerprint density at radius 3 is 2.47 bits per heavy atom. The van der Waals surface area contributed by atoms with Crippen molar-refractivity contribution in [3.05, 3.63) is 36.4 Å². The van der Waals surface area contributed by atoms with Gasteiger partial charge in [-0.25, -0.2) is 8.42 Å². The van der Waals surface area contributed by atoms with Crippen molar-refractivity contribution in [2.24, 2.45) is 0 Å². The Hall–Kier alpha value is -1.75. The van der Waals surface area contributed by atoms with Gasteiger partial charge in [-0.05, 0) is 12.1 Å². The van der Waals surface area contributed by atoms with Crippen LogP contribution in [0, 0.1) is 0 Å². The van der Waals surface area contributed by atoms with Crippen LogP contribution in [-0.4, -0.2) is 26.5 Å². The number of fused-ring (bicyclic) bond motifs is 1. The third kappa shape index (κ3) is 3.17. The topological polar surface area (TPSA) is 69.4 Å². The molecule has 2 rings (SSSR count). The molecule has 0 heterocycles. The van der Waals surface area contributed by atoms with E-state index in [1.807, 2.05) is 24.3 Å². The second-order valence-electron chi connectivity index (χ2n) is 4.28. The molecule has 0 aliphatic heterocycles. The van der Waals surface area contributed by atoms with E-state index in [1.54, 1.807) is 19.1 Å². The van der Waals surface area contributed by atoms with Crippen LogP contribution in [0.15, 0.2) is 36.4 Å². The predicted octanol–water partition coefficient (Wildman–Crippen LogP) is 2.24. The van der Waals surface area contributed by atoms with Gasteiger partial charge < -0.3 is 10.5 Å². The van der Waals surface area contributed by atoms with Crippen LogP contribution in [0.1, 0.15) is 6.92 Å². The van der Waals surface area contributed by atoms with Gasteiger partial charge in [0.15, 0.2) is 9.84 Å². The molecule has 0 unspecified atom stereocenters. The summed E-state index contributed by atoms with van der Waals surface area (Å²) in [5, 5.41) is 1.81. The number of benzene rings is 2. The highest BCUT2D eigenvalue weighted by Crippen LogP contribution is 2.29. The smallest absolute Gasteiger partial charge is 0.153 e. The summed E-state index contributed by atoms with van der Waals surface area (Å²) in [5.74, 6) is 0.831. The summed E-state index contributed by atoms with van der Waals surface area (Å²) in [6, 6.07) is 11.2. The van der Waals surface area contributed by atoms with Gasteiger partial charge in [-0.15, -0.1) is 0 Å². The molecule has 0 saturated heterocycles. The van der Waals surface area contributed by atoms with Crippen LogP contribution in [0.4, 0.5) is 5.69 Å². The fourth-order valence-electron chi connectivity index (χ4n) is 1.84. The zero-order valence-electron chi connectivity index (χ0n) is 10.8. The first-order chi connectivity index (χ1) is 9.03. The number of anilines is 1. The molecule has 4 nitrogen and oxygen atoms in total. The zero-order chi connectivity index (χ0) is 13.9. The van der Waals surface area contributed by atoms with Crippen molar-refractivity contribution in [2.75, 3.05) is 23.8 Å².